The average Bonchev–Trinajstić information content (AvgIpc) is 2.70. The molecule has 18 heavy (non-hydrogen) atoms. The van der Waals surface area contributed by atoms with Crippen LogP contribution in [-0.4, -0.2) is 27.7 Å². The van der Waals surface area contributed by atoms with Crippen LogP contribution in [0.15, 0.2) is 18.3 Å². The van der Waals surface area contributed by atoms with Crippen molar-refractivity contribution < 1.29 is 22.7 Å². The summed E-state index contributed by atoms with van der Waals surface area (Å²) in [5.74, 6) is -0.496. The maximum atomic E-state index is 12.5. The fraction of sp³-hybridized carbons (Fsp3) is 0.300. The van der Waals surface area contributed by atoms with E-state index in [4.69, 9.17) is 0 Å². The van der Waals surface area contributed by atoms with Crippen LogP contribution in [0.3, 0.4) is 0 Å². The number of hydrogen-bond donors (Lipinski definition) is 0. The van der Waals surface area contributed by atoms with Crippen LogP contribution in [0.25, 0.3) is 5.65 Å². The highest BCUT2D eigenvalue weighted by Gasteiger charge is 2.31. The number of hydrogen-bond acceptors (Lipinski definition) is 4. The molecule has 2 aromatic heterocycles. The molecule has 0 fully saturated rings. The Morgan fingerprint density at radius 1 is 1.39 bits per heavy atom. The Labute approximate surface area is 99.2 Å². The molecule has 0 N–H and O–H groups in total. The van der Waals surface area contributed by atoms with Gasteiger partial charge in [-0.25, -0.2) is 0 Å². The summed E-state index contributed by atoms with van der Waals surface area (Å²) < 4.78 is 43.2. The molecule has 0 atom stereocenters. The van der Waals surface area contributed by atoms with Gasteiger partial charge in [0.15, 0.2) is 5.65 Å². The van der Waals surface area contributed by atoms with E-state index in [2.05, 4.69) is 14.9 Å². The van der Waals surface area contributed by atoms with Crippen LogP contribution in [0.2, 0.25) is 0 Å². The number of pyridine rings is 1. The van der Waals surface area contributed by atoms with Crippen LogP contribution in [0.4, 0.5) is 13.2 Å². The Kier molecular flexibility index (Phi) is 2.93. The third kappa shape index (κ3) is 2.27. The standard InChI is InChI=1S/C10H8F3N3O2/c1-18-9(17)4-8-15-14-7-3-2-6(5-16(7)8)10(11,12)13/h2-3,5H,4H2,1H3. The van der Waals surface area contributed by atoms with Crippen molar-refractivity contribution in [2.45, 2.75) is 12.6 Å². The highest BCUT2D eigenvalue weighted by molar-refractivity contribution is 5.71. The SMILES string of the molecule is COC(=O)Cc1nnc2ccc(C(F)(F)F)cn12. The normalized spacial score (nSPS) is 11.8. The Hall–Kier alpha value is -2.12. The van der Waals surface area contributed by atoms with Gasteiger partial charge in [-0.1, -0.05) is 0 Å². The summed E-state index contributed by atoms with van der Waals surface area (Å²) >= 11 is 0. The summed E-state index contributed by atoms with van der Waals surface area (Å²) in [5, 5.41) is 7.32. The molecule has 8 heteroatoms. The molecule has 0 amide bonds. The average molecular weight is 259 g/mol. The van der Waals surface area contributed by atoms with Crippen LogP contribution >= 0.6 is 0 Å². The number of ether oxygens (including phenoxy) is 1. The predicted molar refractivity (Wildman–Crippen MR) is 53.7 cm³/mol. The first kappa shape index (κ1) is 12.3. The Bertz CT molecular complexity index is 592. The molecule has 0 unspecified atom stereocenters. The second-order valence-electron chi connectivity index (χ2n) is 3.51. The van der Waals surface area contributed by atoms with E-state index in [-0.39, 0.29) is 17.9 Å². The summed E-state index contributed by atoms with van der Waals surface area (Å²) in [6, 6.07) is 2.10. The first-order valence-corrected chi connectivity index (χ1v) is 4.89. The summed E-state index contributed by atoms with van der Waals surface area (Å²) in [7, 11) is 1.19. The number of esters is 1. The molecule has 0 aliphatic rings. The number of nitrogens with zero attached hydrogens (tertiary/aromatic N) is 3. The number of rotatable bonds is 2. The zero-order valence-electron chi connectivity index (χ0n) is 9.23. The van der Waals surface area contributed by atoms with Crippen molar-refractivity contribution in [1.29, 1.82) is 0 Å². The van der Waals surface area contributed by atoms with E-state index < -0.39 is 17.7 Å². The van der Waals surface area contributed by atoms with Crippen molar-refractivity contribution in [2.24, 2.45) is 0 Å². The molecule has 2 aromatic rings. The maximum absolute atomic E-state index is 12.5. The second-order valence-corrected chi connectivity index (χ2v) is 3.51. The molecule has 0 aliphatic heterocycles. The molecular formula is C10H8F3N3O2. The van der Waals surface area contributed by atoms with Crippen LogP contribution in [0.5, 0.6) is 0 Å². The summed E-state index contributed by atoms with van der Waals surface area (Å²) in [5.41, 5.74) is -0.595. The lowest BCUT2D eigenvalue weighted by molar-refractivity contribution is -0.140. The van der Waals surface area contributed by atoms with E-state index in [1.54, 1.807) is 0 Å². The van der Waals surface area contributed by atoms with Gasteiger partial charge in [0.05, 0.1) is 12.7 Å². The maximum Gasteiger partial charge on any atom is 0.417 e. The van der Waals surface area contributed by atoms with Gasteiger partial charge in [-0.05, 0) is 12.1 Å². The van der Waals surface area contributed by atoms with Crippen molar-refractivity contribution in [1.82, 2.24) is 14.6 Å². The number of alkyl halides is 3. The van der Waals surface area contributed by atoms with Gasteiger partial charge in [0, 0.05) is 6.20 Å². The van der Waals surface area contributed by atoms with Crippen molar-refractivity contribution in [3.05, 3.63) is 29.7 Å². The topological polar surface area (TPSA) is 56.5 Å². The van der Waals surface area contributed by atoms with Gasteiger partial charge >= 0.3 is 12.1 Å². The first-order chi connectivity index (χ1) is 8.41. The molecule has 2 heterocycles. The highest BCUT2D eigenvalue weighted by Crippen LogP contribution is 2.29. The molecule has 0 saturated carbocycles. The number of carbonyl (C=O) groups is 1. The van der Waals surface area contributed by atoms with E-state index >= 15 is 0 Å². The van der Waals surface area contributed by atoms with E-state index in [1.807, 2.05) is 0 Å². The number of halogens is 3. The van der Waals surface area contributed by atoms with E-state index in [0.717, 1.165) is 16.7 Å². The monoisotopic (exact) mass is 259 g/mol. The lowest BCUT2D eigenvalue weighted by Gasteiger charge is -2.07. The Balaban J connectivity index is 2.47. The van der Waals surface area contributed by atoms with Gasteiger partial charge in [-0.3, -0.25) is 9.20 Å². The van der Waals surface area contributed by atoms with Gasteiger partial charge < -0.3 is 4.74 Å². The van der Waals surface area contributed by atoms with Crippen molar-refractivity contribution >= 4 is 11.6 Å². The highest BCUT2D eigenvalue weighted by atomic mass is 19.4. The Morgan fingerprint density at radius 2 is 2.11 bits per heavy atom. The van der Waals surface area contributed by atoms with E-state index in [0.29, 0.717) is 0 Å². The van der Waals surface area contributed by atoms with Gasteiger partial charge in [0.25, 0.3) is 0 Å². The lowest BCUT2D eigenvalue weighted by atomic mass is 10.2. The van der Waals surface area contributed by atoms with Crippen LogP contribution in [0.1, 0.15) is 11.4 Å². The van der Waals surface area contributed by atoms with Gasteiger partial charge in [-0.15, -0.1) is 10.2 Å². The molecule has 0 saturated heterocycles. The number of methoxy groups -OCH3 is 1. The van der Waals surface area contributed by atoms with E-state index in [9.17, 15) is 18.0 Å². The van der Waals surface area contributed by atoms with Crippen molar-refractivity contribution in [2.75, 3.05) is 7.11 Å². The smallest absolute Gasteiger partial charge is 0.417 e. The van der Waals surface area contributed by atoms with Gasteiger partial charge in [0.1, 0.15) is 12.2 Å². The molecule has 2 rings (SSSR count). The summed E-state index contributed by atoms with van der Waals surface area (Å²) in [6.07, 6.45) is -3.84. The summed E-state index contributed by atoms with van der Waals surface area (Å²) in [4.78, 5) is 11.1. The lowest BCUT2D eigenvalue weighted by Crippen LogP contribution is -2.10. The largest absolute Gasteiger partial charge is 0.469 e. The van der Waals surface area contributed by atoms with Gasteiger partial charge in [0.2, 0.25) is 0 Å². The molecule has 0 radical (unpaired) electrons. The molecule has 0 bridgehead atoms. The van der Waals surface area contributed by atoms with Gasteiger partial charge in [-0.2, -0.15) is 13.2 Å². The zero-order valence-corrected chi connectivity index (χ0v) is 9.23. The molecule has 0 spiro atoms. The molecule has 96 valence electrons. The third-order valence-electron chi connectivity index (χ3n) is 2.33. The number of carbonyl (C=O) groups excluding carboxylic acids is 1. The fourth-order valence-corrected chi connectivity index (χ4v) is 1.43. The molecule has 0 aromatic carbocycles. The van der Waals surface area contributed by atoms with Crippen LogP contribution in [-0.2, 0) is 22.1 Å². The minimum atomic E-state index is -4.46. The van der Waals surface area contributed by atoms with Crippen molar-refractivity contribution in [3.8, 4) is 0 Å². The van der Waals surface area contributed by atoms with Crippen LogP contribution < -0.4 is 0 Å². The molecule has 0 aliphatic carbocycles. The van der Waals surface area contributed by atoms with Crippen LogP contribution in [0, 0.1) is 0 Å². The quantitative estimate of drug-likeness (QED) is 0.766. The third-order valence-corrected chi connectivity index (χ3v) is 2.33. The minimum absolute atomic E-state index is 0.1000. The predicted octanol–water partition coefficient (Wildman–Crippen LogP) is 1.46. The number of fused-ring (bicyclic) bond motifs is 1. The fourth-order valence-electron chi connectivity index (χ4n) is 1.43. The molecular weight excluding hydrogens is 251 g/mol. The van der Waals surface area contributed by atoms with Crippen molar-refractivity contribution in [3.63, 3.8) is 0 Å². The minimum Gasteiger partial charge on any atom is -0.469 e. The molecule has 5 nitrogen and oxygen atoms in total. The Morgan fingerprint density at radius 3 is 2.72 bits per heavy atom. The summed E-state index contributed by atoms with van der Waals surface area (Å²) in [6.45, 7) is 0. The second kappa shape index (κ2) is 4.28. The van der Waals surface area contributed by atoms with E-state index in [1.165, 1.54) is 13.2 Å². The first-order valence-electron chi connectivity index (χ1n) is 4.89. The number of aromatic nitrogens is 3. The zero-order chi connectivity index (χ0) is 13.3.